The first-order valence-corrected chi connectivity index (χ1v) is 7.13. The maximum absolute atomic E-state index is 10.7. The summed E-state index contributed by atoms with van der Waals surface area (Å²) in [6, 6.07) is 3.91. The molecule has 0 spiro atoms. The van der Waals surface area contributed by atoms with E-state index in [-0.39, 0.29) is 5.41 Å². The molecule has 21 heavy (non-hydrogen) atoms. The fraction of sp³-hybridized carbons (Fsp3) is 0.500. The van der Waals surface area contributed by atoms with Crippen molar-refractivity contribution in [3.05, 3.63) is 29.5 Å². The minimum Gasteiger partial charge on any atom is -0.478 e. The quantitative estimate of drug-likeness (QED) is 0.866. The summed E-state index contributed by atoms with van der Waals surface area (Å²) in [5, 5.41) is 8.82. The van der Waals surface area contributed by atoms with Crippen molar-refractivity contribution in [1.29, 1.82) is 0 Å². The predicted molar refractivity (Wildman–Crippen MR) is 82.6 cm³/mol. The van der Waals surface area contributed by atoms with E-state index in [9.17, 15) is 4.79 Å². The number of nitrogens with zero attached hydrogens (tertiary/aromatic N) is 2. The van der Waals surface area contributed by atoms with Crippen LogP contribution in [0.5, 0.6) is 0 Å². The number of aliphatic carboxylic acids is 1. The lowest BCUT2D eigenvalue weighted by molar-refractivity contribution is -0.131. The van der Waals surface area contributed by atoms with Gasteiger partial charge in [-0.15, -0.1) is 0 Å². The summed E-state index contributed by atoms with van der Waals surface area (Å²) in [4.78, 5) is 17.7. The zero-order valence-corrected chi connectivity index (χ0v) is 12.8. The van der Waals surface area contributed by atoms with Gasteiger partial charge in [-0.25, -0.2) is 9.78 Å². The molecule has 1 aromatic heterocycles. The summed E-state index contributed by atoms with van der Waals surface area (Å²) in [5.74, 6) is -0.119. The van der Waals surface area contributed by atoms with E-state index >= 15 is 0 Å². The van der Waals surface area contributed by atoms with Crippen molar-refractivity contribution in [2.75, 3.05) is 31.2 Å². The average molecular weight is 290 g/mol. The van der Waals surface area contributed by atoms with Crippen LogP contribution >= 0.6 is 0 Å². The third-order valence-electron chi connectivity index (χ3n) is 3.39. The number of morpholine rings is 1. The highest BCUT2D eigenvalue weighted by Gasteiger charge is 2.20. The molecule has 0 saturated carbocycles. The van der Waals surface area contributed by atoms with Crippen LogP contribution in [-0.4, -0.2) is 42.4 Å². The Bertz CT molecular complexity index is 541. The molecule has 0 unspecified atom stereocenters. The highest BCUT2D eigenvalue weighted by molar-refractivity contribution is 5.86. The van der Waals surface area contributed by atoms with Gasteiger partial charge in [-0.2, -0.15) is 0 Å². The Morgan fingerprint density at radius 2 is 2.00 bits per heavy atom. The molecule has 5 nitrogen and oxygen atoms in total. The first-order valence-electron chi connectivity index (χ1n) is 7.13. The zero-order valence-electron chi connectivity index (χ0n) is 12.8. The number of carboxylic acids is 1. The molecular weight excluding hydrogens is 268 g/mol. The number of carboxylic acid groups (broad SMARTS) is 1. The van der Waals surface area contributed by atoms with Gasteiger partial charge < -0.3 is 14.7 Å². The van der Waals surface area contributed by atoms with E-state index in [1.165, 1.54) is 0 Å². The Morgan fingerprint density at radius 3 is 2.57 bits per heavy atom. The summed E-state index contributed by atoms with van der Waals surface area (Å²) < 4.78 is 5.38. The highest BCUT2D eigenvalue weighted by atomic mass is 16.5. The van der Waals surface area contributed by atoms with Gasteiger partial charge in [0.25, 0.3) is 0 Å². The number of pyridine rings is 1. The van der Waals surface area contributed by atoms with Gasteiger partial charge in [0.15, 0.2) is 0 Å². The molecule has 1 saturated heterocycles. The third-order valence-corrected chi connectivity index (χ3v) is 3.39. The van der Waals surface area contributed by atoms with Crippen molar-refractivity contribution in [2.45, 2.75) is 26.2 Å². The molecule has 0 bridgehead atoms. The van der Waals surface area contributed by atoms with Gasteiger partial charge in [0.1, 0.15) is 5.82 Å². The van der Waals surface area contributed by atoms with Crippen LogP contribution < -0.4 is 4.90 Å². The number of ether oxygens (including phenoxy) is 1. The molecule has 1 fully saturated rings. The normalized spacial score (nSPS) is 16.4. The number of anilines is 1. The molecular formula is C16H22N2O3. The Labute approximate surface area is 125 Å². The monoisotopic (exact) mass is 290 g/mol. The first kappa shape index (κ1) is 15.5. The van der Waals surface area contributed by atoms with Crippen LogP contribution in [0.15, 0.2) is 18.2 Å². The van der Waals surface area contributed by atoms with Gasteiger partial charge in [-0.1, -0.05) is 20.8 Å². The minimum absolute atomic E-state index is 0.0456. The van der Waals surface area contributed by atoms with Gasteiger partial charge in [0, 0.05) is 35.8 Å². The maximum Gasteiger partial charge on any atom is 0.328 e. The van der Waals surface area contributed by atoms with Crippen molar-refractivity contribution in [1.82, 2.24) is 4.98 Å². The van der Waals surface area contributed by atoms with Crippen LogP contribution in [0.3, 0.4) is 0 Å². The predicted octanol–water partition coefficient (Wildman–Crippen LogP) is 2.31. The largest absolute Gasteiger partial charge is 0.478 e. The van der Waals surface area contributed by atoms with E-state index in [1.54, 1.807) is 6.08 Å². The SMILES string of the molecule is CC(C)(C)c1ccc(/C=C/C(=O)O)c(N2CCOCC2)n1. The van der Waals surface area contributed by atoms with E-state index < -0.39 is 5.97 Å². The van der Waals surface area contributed by atoms with Crippen LogP contribution in [0.4, 0.5) is 5.82 Å². The molecule has 1 aromatic rings. The van der Waals surface area contributed by atoms with Gasteiger partial charge in [-0.05, 0) is 18.2 Å². The summed E-state index contributed by atoms with van der Waals surface area (Å²) >= 11 is 0. The zero-order chi connectivity index (χ0) is 15.5. The van der Waals surface area contributed by atoms with E-state index in [4.69, 9.17) is 14.8 Å². The smallest absolute Gasteiger partial charge is 0.328 e. The molecule has 0 aliphatic carbocycles. The molecule has 2 rings (SSSR count). The molecule has 114 valence electrons. The van der Waals surface area contributed by atoms with Gasteiger partial charge >= 0.3 is 5.97 Å². The van der Waals surface area contributed by atoms with E-state index in [0.29, 0.717) is 13.2 Å². The van der Waals surface area contributed by atoms with Crippen molar-refractivity contribution in [2.24, 2.45) is 0 Å². The molecule has 2 heterocycles. The third kappa shape index (κ3) is 4.04. The van der Waals surface area contributed by atoms with Crippen molar-refractivity contribution < 1.29 is 14.6 Å². The lowest BCUT2D eigenvalue weighted by atomic mass is 9.91. The Hall–Kier alpha value is -1.88. The van der Waals surface area contributed by atoms with Gasteiger partial charge in [0.2, 0.25) is 0 Å². The molecule has 5 heteroatoms. The molecule has 1 aliphatic rings. The maximum atomic E-state index is 10.7. The van der Waals surface area contributed by atoms with E-state index in [1.807, 2.05) is 12.1 Å². The summed E-state index contributed by atoms with van der Waals surface area (Å²) in [7, 11) is 0. The molecule has 0 aromatic carbocycles. The standard InChI is InChI=1S/C16H22N2O3/c1-16(2,3)13-6-4-12(5-7-14(19)20)15(17-13)18-8-10-21-11-9-18/h4-7H,8-11H2,1-3H3,(H,19,20)/b7-5+. The lowest BCUT2D eigenvalue weighted by Crippen LogP contribution is -2.37. The first-order chi connectivity index (χ1) is 9.88. The highest BCUT2D eigenvalue weighted by Crippen LogP contribution is 2.27. The molecule has 0 amide bonds. The molecule has 0 atom stereocenters. The van der Waals surface area contributed by atoms with E-state index in [2.05, 4.69) is 25.7 Å². The number of hydrogen-bond donors (Lipinski definition) is 1. The fourth-order valence-electron chi connectivity index (χ4n) is 2.20. The Balaban J connectivity index is 2.41. The van der Waals surface area contributed by atoms with Crippen LogP contribution in [-0.2, 0) is 14.9 Å². The van der Waals surface area contributed by atoms with Crippen LogP contribution in [0.2, 0.25) is 0 Å². The van der Waals surface area contributed by atoms with Crippen molar-refractivity contribution in [3.8, 4) is 0 Å². The second-order valence-corrected chi connectivity index (χ2v) is 6.13. The van der Waals surface area contributed by atoms with Crippen LogP contribution in [0.1, 0.15) is 32.0 Å². The number of carbonyl (C=O) groups is 1. The van der Waals surface area contributed by atoms with Crippen molar-refractivity contribution >= 4 is 17.9 Å². The van der Waals surface area contributed by atoms with Crippen molar-refractivity contribution in [3.63, 3.8) is 0 Å². The second kappa shape index (κ2) is 6.26. The van der Waals surface area contributed by atoms with Gasteiger partial charge in [0.05, 0.1) is 13.2 Å². The minimum atomic E-state index is -0.956. The summed E-state index contributed by atoms with van der Waals surface area (Å²) in [5.41, 5.74) is 1.78. The number of hydrogen-bond acceptors (Lipinski definition) is 4. The number of aromatic nitrogens is 1. The van der Waals surface area contributed by atoms with E-state index in [0.717, 1.165) is 36.2 Å². The molecule has 0 radical (unpaired) electrons. The average Bonchev–Trinajstić information content (AvgIpc) is 2.45. The topological polar surface area (TPSA) is 62.7 Å². The Morgan fingerprint density at radius 1 is 1.33 bits per heavy atom. The summed E-state index contributed by atoms with van der Waals surface area (Å²) in [6.45, 7) is 9.23. The van der Waals surface area contributed by atoms with Gasteiger partial charge in [-0.3, -0.25) is 0 Å². The van der Waals surface area contributed by atoms with Crippen LogP contribution in [0, 0.1) is 0 Å². The summed E-state index contributed by atoms with van der Waals surface area (Å²) in [6.07, 6.45) is 2.75. The second-order valence-electron chi connectivity index (χ2n) is 6.13. The lowest BCUT2D eigenvalue weighted by Gasteiger charge is -2.30. The fourth-order valence-corrected chi connectivity index (χ4v) is 2.20. The molecule has 1 aliphatic heterocycles. The Kier molecular flexibility index (Phi) is 4.63. The van der Waals surface area contributed by atoms with Crippen LogP contribution in [0.25, 0.3) is 6.08 Å². The molecule has 1 N–H and O–H groups in total. The number of rotatable bonds is 3.